The van der Waals surface area contributed by atoms with Crippen LogP contribution in [0, 0.1) is 11.7 Å². The Kier molecular flexibility index (Phi) is 3.41. The number of nitrogens with two attached hydrogens (primary N) is 1. The summed E-state index contributed by atoms with van der Waals surface area (Å²) in [6.07, 6.45) is -0.255. The molecule has 7 nitrogen and oxygen atoms in total. The molecule has 3 unspecified atom stereocenters. The molecule has 26 heavy (non-hydrogen) atoms. The summed E-state index contributed by atoms with van der Waals surface area (Å²) in [6.45, 7) is 0.675. The van der Waals surface area contributed by atoms with E-state index in [0.717, 1.165) is 16.6 Å². The van der Waals surface area contributed by atoms with E-state index in [0.29, 0.717) is 18.5 Å². The Morgan fingerprint density at radius 3 is 2.92 bits per heavy atom. The molecule has 2 aromatic carbocycles. The molecular weight excluding hydrogens is 333 g/mol. The highest BCUT2D eigenvalue weighted by Crippen LogP contribution is 2.39. The van der Waals surface area contributed by atoms with E-state index in [1.54, 1.807) is 12.1 Å². The van der Waals surface area contributed by atoms with Gasteiger partial charge in [0.25, 0.3) is 0 Å². The molecule has 3 aromatic rings. The predicted octanol–water partition coefficient (Wildman–Crippen LogP) is 1.88. The molecule has 0 amide bonds. The highest BCUT2D eigenvalue weighted by Gasteiger charge is 2.39. The largest absolute Gasteiger partial charge is 0.370 e. The molecule has 1 fully saturated rings. The summed E-state index contributed by atoms with van der Waals surface area (Å²) in [5.74, 6) is 0.794. The second-order valence-corrected chi connectivity index (χ2v) is 6.57. The van der Waals surface area contributed by atoms with Crippen molar-refractivity contribution in [2.24, 2.45) is 16.6 Å². The Bertz CT molecular complexity index is 1010. The number of halogens is 1. The fourth-order valence-corrected chi connectivity index (χ4v) is 3.85. The summed E-state index contributed by atoms with van der Waals surface area (Å²) in [5.41, 5.74) is 15.2. The Morgan fingerprint density at radius 2 is 2.04 bits per heavy atom. The van der Waals surface area contributed by atoms with Crippen LogP contribution in [-0.2, 0) is 0 Å². The number of rotatable bonds is 2. The van der Waals surface area contributed by atoms with Crippen LogP contribution in [0.1, 0.15) is 17.8 Å². The SMILES string of the molecule is NC1=NC(C2CNNC2c2cccc(F)c2)n2c(nc3ccccc32)N1. The molecule has 2 aliphatic heterocycles. The minimum absolute atomic E-state index is 0.0359. The molecule has 0 spiro atoms. The van der Waals surface area contributed by atoms with Gasteiger partial charge in [-0.2, -0.15) is 0 Å². The van der Waals surface area contributed by atoms with E-state index in [4.69, 9.17) is 5.73 Å². The van der Waals surface area contributed by atoms with Crippen LogP contribution in [0.2, 0.25) is 0 Å². The normalized spacial score (nSPS) is 25.0. The van der Waals surface area contributed by atoms with Gasteiger partial charge in [0.15, 0.2) is 5.96 Å². The van der Waals surface area contributed by atoms with Crippen molar-refractivity contribution in [1.82, 2.24) is 20.4 Å². The van der Waals surface area contributed by atoms with E-state index in [2.05, 4.69) is 30.7 Å². The molecule has 0 saturated carbocycles. The highest BCUT2D eigenvalue weighted by molar-refractivity contribution is 5.94. The first kappa shape index (κ1) is 15.3. The number of nitrogens with one attached hydrogen (secondary N) is 3. The number of hydrazine groups is 1. The number of aliphatic imine (C=N–C) groups is 1. The lowest BCUT2D eigenvalue weighted by Crippen LogP contribution is -2.35. The van der Waals surface area contributed by atoms with Crippen LogP contribution in [0.5, 0.6) is 0 Å². The van der Waals surface area contributed by atoms with Crippen LogP contribution in [-0.4, -0.2) is 22.1 Å². The van der Waals surface area contributed by atoms with Gasteiger partial charge in [-0.1, -0.05) is 24.3 Å². The summed E-state index contributed by atoms with van der Waals surface area (Å²) in [7, 11) is 0. The number of hydrogen-bond acceptors (Lipinski definition) is 6. The number of anilines is 1. The smallest absolute Gasteiger partial charge is 0.212 e. The van der Waals surface area contributed by atoms with Crippen molar-refractivity contribution in [2.75, 3.05) is 11.9 Å². The van der Waals surface area contributed by atoms with Crippen molar-refractivity contribution in [1.29, 1.82) is 0 Å². The number of para-hydroxylation sites is 2. The van der Waals surface area contributed by atoms with Gasteiger partial charge in [0, 0.05) is 12.5 Å². The molecule has 5 rings (SSSR count). The van der Waals surface area contributed by atoms with Gasteiger partial charge in [-0.3, -0.25) is 15.3 Å². The zero-order valence-corrected chi connectivity index (χ0v) is 13.9. The van der Waals surface area contributed by atoms with Gasteiger partial charge in [-0.15, -0.1) is 0 Å². The molecule has 1 aromatic heterocycles. The molecule has 0 aliphatic carbocycles. The zero-order chi connectivity index (χ0) is 17.7. The number of fused-ring (bicyclic) bond motifs is 3. The summed E-state index contributed by atoms with van der Waals surface area (Å²) in [5, 5.41) is 3.05. The average molecular weight is 351 g/mol. The van der Waals surface area contributed by atoms with Gasteiger partial charge < -0.3 is 5.73 Å². The number of aromatic nitrogens is 2. The lowest BCUT2D eigenvalue weighted by Gasteiger charge is -2.30. The molecule has 3 atom stereocenters. The summed E-state index contributed by atoms with van der Waals surface area (Å²) < 4.78 is 15.8. The fraction of sp³-hybridized carbons (Fsp3) is 0.222. The van der Waals surface area contributed by atoms with Crippen LogP contribution < -0.4 is 21.9 Å². The second-order valence-electron chi connectivity index (χ2n) is 6.57. The van der Waals surface area contributed by atoms with Gasteiger partial charge in [0.2, 0.25) is 5.95 Å². The van der Waals surface area contributed by atoms with Crippen molar-refractivity contribution < 1.29 is 4.39 Å². The third-order valence-corrected chi connectivity index (χ3v) is 4.99. The number of hydrogen-bond donors (Lipinski definition) is 4. The van der Waals surface area contributed by atoms with Crippen LogP contribution in [0.3, 0.4) is 0 Å². The molecule has 0 bridgehead atoms. The van der Waals surface area contributed by atoms with E-state index in [9.17, 15) is 4.39 Å². The van der Waals surface area contributed by atoms with Crippen molar-refractivity contribution in [3.05, 3.63) is 59.9 Å². The summed E-state index contributed by atoms with van der Waals surface area (Å²) >= 11 is 0. The van der Waals surface area contributed by atoms with Gasteiger partial charge >= 0.3 is 0 Å². The van der Waals surface area contributed by atoms with E-state index in [-0.39, 0.29) is 23.9 Å². The monoisotopic (exact) mass is 351 g/mol. The maximum Gasteiger partial charge on any atom is 0.212 e. The first-order valence-corrected chi connectivity index (χ1v) is 8.52. The molecule has 2 aliphatic rings. The van der Waals surface area contributed by atoms with Crippen LogP contribution >= 0.6 is 0 Å². The van der Waals surface area contributed by atoms with E-state index < -0.39 is 0 Å². The number of nitrogens with zero attached hydrogens (tertiary/aromatic N) is 3. The predicted molar refractivity (Wildman–Crippen MR) is 97.8 cm³/mol. The quantitative estimate of drug-likeness (QED) is 0.566. The van der Waals surface area contributed by atoms with Crippen molar-refractivity contribution in [3.63, 3.8) is 0 Å². The van der Waals surface area contributed by atoms with Crippen LogP contribution in [0.15, 0.2) is 53.5 Å². The van der Waals surface area contributed by atoms with Crippen molar-refractivity contribution in [3.8, 4) is 0 Å². The Balaban J connectivity index is 1.62. The number of guanidine groups is 1. The van der Waals surface area contributed by atoms with Crippen LogP contribution in [0.25, 0.3) is 11.0 Å². The molecule has 1 saturated heterocycles. The molecule has 0 radical (unpaired) electrons. The minimum Gasteiger partial charge on any atom is -0.370 e. The van der Waals surface area contributed by atoms with Crippen LogP contribution in [0.4, 0.5) is 10.3 Å². The van der Waals surface area contributed by atoms with Gasteiger partial charge in [-0.25, -0.2) is 19.8 Å². The first-order chi connectivity index (χ1) is 12.7. The fourth-order valence-electron chi connectivity index (χ4n) is 3.85. The number of imidazole rings is 1. The maximum atomic E-state index is 13.7. The Labute approximate surface area is 149 Å². The third-order valence-electron chi connectivity index (χ3n) is 4.99. The number of benzene rings is 2. The van der Waals surface area contributed by atoms with E-state index in [1.807, 2.05) is 30.3 Å². The van der Waals surface area contributed by atoms with Gasteiger partial charge in [-0.05, 0) is 29.8 Å². The third kappa shape index (κ3) is 2.34. The second kappa shape index (κ2) is 5.79. The lowest BCUT2D eigenvalue weighted by molar-refractivity contribution is 0.328. The standard InChI is InChI=1S/C18H18FN7/c19-11-5-3-4-10(8-11)15-12(9-21-25-15)16-23-17(20)24-18-22-13-6-1-2-7-14(13)26(16)18/h1-8,12,15-16,21,25H,9H2,(H3,20,22,23,24). The minimum atomic E-state index is -0.255. The molecule has 5 N–H and O–H groups in total. The van der Waals surface area contributed by atoms with E-state index >= 15 is 0 Å². The van der Waals surface area contributed by atoms with Gasteiger partial charge in [0.05, 0.1) is 17.1 Å². The summed E-state index contributed by atoms with van der Waals surface area (Å²) in [6, 6.07) is 14.5. The Morgan fingerprint density at radius 1 is 1.15 bits per heavy atom. The lowest BCUT2D eigenvalue weighted by atomic mass is 9.92. The molecule has 8 heteroatoms. The zero-order valence-electron chi connectivity index (χ0n) is 13.9. The molecular formula is C18H18FN7. The van der Waals surface area contributed by atoms with Crippen molar-refractivity contribution in [2.45, 2.75) is 12.2 Å². The topological polar surface area (TPSA) is 92.3 Å². The highest BCUT2D eigenvalue weighted by atomic mass is 19.1. The van der Waals surface area contributed by atoms with Crippen molar-refractivity contribution >= 4 is 22.9 Å². The van der Waals surface area contributed by atoms with Gasteiger partial charge in [0.1, 0.15) is 12.0 Å². The maximum absolute atomic E-state index is 13.7. The molecule has 132 valence electrons. The Hall–Kier alpha value is -2.97. The average Bonchev–Trinajstić information content (AvgIpc) is 3.25. The molecule has 3 heterocycles. The summed E-state index contributed by atoms with van der Waals surface area (Å²) in [4.78, 5) is 9.29. The van der Waals surface area contributed by atoms with E-state index in [1.165, 1.54) is 6.07 Å². The first-order valence-electron chi connectivity index (χ1n) is 8.52.